The second-order valence-corrected chi connectivity index (χ2v) is 4.21. The zero-order chi connectivity index (χ0) is 12.4. The van der Waals surface area contributed by atoms with Crippen molar-refractivity contribution in [3.63, 3.8) is 0 Å². The molecule has 0 radical (unpaired) electrons. The van der Waals surface area contributed by atoms with Gasteiger partial charge in [-0.1, -0.05) is 11.6 Å². The Morgan fingerprint density at radius 1 is 1.47 bits per heavy atom. The van der Waals surface area contributed by atoms with Crippen LogP contribution in [0.5, 0.6) is 5.75 Å². The number of halogens is 1. The van der Waals surface area contributed by atoms with Crippen LogP contribution >= 0.6 is 0 Å². The molecule has 1 heterocycles. The zero-order valence-electron chi connectivity index (χ0n) is 9.61. The minimum Gasteiger partial charge on any atom is -0.507 e. The third-order valence-corrected chi connectivity index (χ3v) is 2.91. The molecule has 0 saturated heterocycles. The number of phenols is 1. The minimum atomic E-state index is -0.548. The van der Waals surface area contributed by atoms with Crippen LogP contribution in [0.15, 0.2) is 29.8 Å². The molecular weight excluding hydrogens is 221 g/mol. The van der Waals surface area contributed by atoms with Gasteiger partial charge >= 0.3 is 0 Å². The lowest BCUT2D eigenvalue weighted by Gasteiger charge is -2.25. The standard InChI is InChI=1S/C13H14FNO2/c1-9-4-6-15(7-5-9)13(17)11-3-2-10(14)8-12(11)16/h2-4,8,16H,5-7H2,1H3. The highest BCUT2D eigenvalue weighted by molar-refractivity contribution is 5.97. The van der Waals surface area contributed by atoms with E-state index in [1.54, 1.807) is 4.90 Å². The third-order valence-electron chi connectivity index (χ3n) is 2.91. The molecule has 90 valence electrons. The average molecular weight is 235 g/mol. The lowest BCUT2D eigenvalue weighted by atomic mass is 10.1. The van der Waals surface area contributed by atoms with Gasteiger partial charge < -0.3 is 10.0 Å². The molecule has 0 fully saturated rings. The van der Waals surface area contributed by atoms with E-state index in [-0.39, 0.29) is 17.2 Å². The molecule has 0 saturated carbocycles. The van der Waals surface area contributed by atoms with Crippen molar-refractivity contribution < 1.29 is 14.3 Å². The van der Waals surface area contributed by atoms with Crippen molar-refractivity contribution in [2.75, 3.05) is 13.1 Å². The Bertz CT molecular complexity index is 482. The number of aromatic hydroxyl groups is 1. The van der Waals surface area contributed by atoms with Crippen molar-refractivity contribution in [3.8, 4) is 5.75 Å². The molecule has 0 atom stereocenters. The number of nitrogens with zero attached hydrogens (tertiary/aromatic N) is 1. The average Bonchev–Trinajstić information content (AvgIpc) is 2.29. The van der Waals surface area contributed by atoms with Gasteiger partial charge in [-0.2, -0.15) is 0 Å². The monoisotopic (exact) mass is 235 g/mol. The van der Waals surface area contributed by atoms with E-state index < -0.39 is 5.82 Å². The summed E-state index contributed by atoms with van der Waals surface area (Å²) in [5.74, 6) is -1.11. The second kappa shape index (κ2) is 4.57. The normalized spacial score (nSPS) is 15.6. The SMILES string of the molecule is CC1=CCN(C(=O)c2ccc(F)cc2O)CC1. The largest absolute Gasteiger partial charge is 0.507 e. The predicted molar refractivity (Wildman–Crippen MR) is 62.3 cm³/mol. The Labute approximate surface area is 99.2 Å². The number of hydrogen-bond donors (Lipinski definition) is 1. The number of amides is 1. The predicted octanol–water partition coefficient (Wildman–Crippen LogP) is 2.32. The van der Waals surface area contributed by atoms with Crippen molar-refractivity contribution in [1.82, 2.24) is 4.90 Å². The van der Waals surface area contributed by atoms with E-state index >= 15 is 0 Å². The summed E-state index contributed by atoms with van der Waals surface area (Å²) in [5.41, 5.74) is 1.41. The van der Waals surface area contributed by atoms with Gasteiger partial charge in [0.15, 0.2) is 0 Å². The first-order chi connectivity index (χ1) is 8.08. The molecule has 0 aromatic heterocycles. The molecule has 1 aliphatic rings. The fourth-order valence-corrected chi connectivity index (χ4v) is 1.81. The molecule has 0 unspecified atom stereocenters. The summed E-state index contributed by atoms with van der Waals surface area (Å²) >= 11 is 0. The lowest BCUT2D eigenvalue weighted by Crippen LogP contribution is -2.34. The van der Waals surface area contributed by atoms with Gasteiger partial charge in [0.25, 0.3) is 5.91 Å². The Balaban J connectivity index is 2.20. The Morgan fingerprint density at radius 2 is 2.24 bits per heavy atom. The van der Waals surface area contributed by atoms with Gasteiger partial charge in [-0.3, -0.25) is 4.79 Å². The van der Waals surface area contributed by atoms with Gasteiger partial charge in [0.05, 0.1) is 5.56 Å². The molecule has 1 amide bonds. The highest BCUT2D eigenvalue weighted by atomic mass is 19.1. The number of carbonyl (C=O) groups is 1. The molecule has 1 N–H and O–H groups in total. The highest BCUT2D eigenvalue weighted by Gasteiger charge is 2.20. The van der Waals surface area contributed by atoms with Crippen LogP contribution in [-0.2, 0) is 0 Å². The Hall–Kier alpha value is -1.84. The van der Waals surface area contributed by atoms with Crippen molar-refractivity contribution in [3.05, 3.63) is 41.2 Å². The van der Waals surface area contributed by atoms with E-state index in [1.165, 1.54) is 17.7 Å². The lowest BCUT2D eigenvalue weighted by molar-refractivity contribution is 0.0766. The molecule has 0 spiro atoms. The number of benzene rings is 1. The van der Waals surface area contributed by atoms with E-state index in [0.717, 1.165) is 12.5 Å². The fourth-order valence-electron chi connectivity index (χ4n) is 1.81. The van der Waals surface area contributed by atoms with Gasteiger partial charge in [-0.25, -0.2) is 4.39 Å². The number of hydrogen-bond acceptors (Lipinski definition) is 2. The van der Waals surface area contributed by atoms with Gasteiger partial charge in [0.2, 0.25) is 0 Å². The van der Waals surface area contributed by atoms with Crippen LogP contribution in [0.25, 0.3) is 0 Å². The third kappa shape index (κ3) is 2.46. The topological polar surface area (TPSA) is 40.5 Å². The molecule has 0 bridgehead atoms. The summed E-state index contributed by atoms with van der Waals surface area (Å²) in [6.07, 6.45) is 2.83. The molecule has 3 nitrogen and oxygen atoms in total. The summed E-state index contributed by atoms with van der Waals surface area (Å²) in [5, 5.41) is 9.54. The molecule has 1 aromatic carbocycles. The van der Waals surface area contributed by atoms with Crippen LogP contribution in [0.1, 0.15) is 23.7 Å². The van der Waals surface area contributed by atoms with Crippen LogP contribution in [0.4, 0.5) is 4.39 Å². The quantitative estimate of drug-likeness (QED) is 0.759. The van der Waals surface area contributed by atoms with Gasteiger partial charge in [0.1, 0.15) is 11.6 Å². The van der Waals surface area contributed by atoms with Crippen molar-refractivity contribution >= 4 is 5.91 Å². The molecule has 0 aliphatic carbocycles. The Morgan fingerprint density at radius 3 is 2.82 bits per heavy atom. The van der Waals surface area contributed by atoms with E-state index in [4.69, 9.17) is 0 Å². The summed E-state index contributed by atoms with van der Waals surface area (Å²) in [6, 6.07) is 3.45. The first kappa shape index (κ1) is 11.6. The fraction of sp³-hybridized carbons (Fsp3) is 0.308. The summed E-state index contributed by atoms with van der Waals surface area (Å²) in [6.45, 7) is 3.21. The first-order valence-electron chi connectivity index (χ1n) is 5.51. The summed E-state index contributed by atoms with van der Waals surface area (Å²) < 4.78 is 12.8. The van der Waals surface area contributed by atoms with Gasteiger partial charge in [0, 0.05) is 19.2 Å². The summed E-state index contributed by atoms with van der Waals surface area (Å²) in [7, 11) is 0. The van der Waals surface area contributed by atoms with Crippen LogP contribution in [0, 0.1) is 5.82 Å². The molecule has 1 aliphatic heterocycles. The van der Waals surface area contributed by atoms with E-state index in [9.17, 15) is 14.3 Å². The maximum atomic E-state index is 12.8. The Kier molecular flexibility index (Phi) is 3.13. The smallest absolute Gasteiger partial charge is 0.257 e. The van der Waals surface area contributed by atoms with Crippen molar-refractivity contribution in [2.24, 2.45) is 0 Å². The van der Waals surface area contributed by atoms with Crippen LogP contribution in [0.3, 0.4) is 0 Å². The molecule has 4 heteroatoms. The second-order valence-electron chi connectivity index (χ2n) is 4.21. The molecule has 17 heavy (non-hydrogen) atoms. The maximum Gasteiger partial charge on any atom is 0.257 e. The number of carbonyl (C=O) groups excluding carboxylic acids is 1. The summed E-state index contributed by atoms with van der Waals surface area (Å²) in [4.78, 5) is 13.7. The van der Waals surface area contributed by atoms with Crippen molar-refractivity contribution in [2.45, 2.75) is 13.3 Å². The molecular formula is C13H14FNO2. The van der Waals surface area contributed by atoms with Crippen LogP contribution in [-0.4, -0.2) is 29.0 Å². The van der Waals surface area contributed by atoms with Gasteiger partial charge in [-0.05, 0) is 25.5 Å². The highest BCUT2D eigenvalue weighted by Crippen LogP contribution is 2.21. The number of rotatable bonds is 1. The number of phenolic OH excluding ortho intramolecular Hbond substituents is 1. The minimum absolute atomic E-state index is 0.152. The van der Waals surface area contributed by atoms with Crippen LogP contribution in [0.2, 0.25) is 0 Å². The van der Waals surface area contributed by atoms with E-state index in [2.05, 4.69) is 0 Å². The first-order valence-corrected chi connectivity index (χ1v) is 5.51. The molecule has 2 rings (SSSR count). The van der Waals surface area contributed by atoms with Gasteiger partial charge in [-0.15, -0.1) is 0 Å². The van der Waals surface area contributed by atoms with Crippen molar-refractivity contribution in [1.29, 1.82) is 0 Å². The maximum absolute atomic E-state index is 12.8. The van der Waals surface area contributed by atoms with E-state index in [0.29, 0.717) is 13.1 Å². The zero-order valence-corrected chi connectivity index (χ0v) is 9.61. The van der Waals surface area contributed by atoms with E-state index in [1.807, 2.05) is 13.0 Å². The molecule has 1 aromatic rings. The van der Waals surface area contributed by atoms with Crippen LogP contribution < -0.4 is 0 Å².